The van der Waals surface area contributed by atoms with Crippen molar-refractivity contribution in [2.75, 3.05) is 6.54 Å². The summed E-state index contributed by atoms with van der Waals surface area (Å²) in [5.74, 6) is 0.643. The van der Waals surface area contributed by atoms with Crippen molar-refractivity contribution in [2.45, 2.75) is 33.2 Å². The molecule has 2 nitrogen and oxygen atoms in total. The Morgan fingerprint density at radius 2 is 2.13 bits per heavy atom. The van der Waals surface area contributed by atoms with Crippen molar-refractivity contribution in [3.63, 3.8) is 0 Å². The van der Waals surface area contributed by atoms with E-state index in [4.69, 9.17) is 0 Å². The molecule has 1 aromatic heterocycles. The Morgan fingerprint density at radius 3 is 2.67 bits per heavy atom. The number of nitrogens with one attached hydrogen (secondary N) is 1. The van der Waals surface area contributed by atoms with Gasteiger partial charge in [-0.2, -0.15) is 0 Å². The molecule has 1 unspecified atom stereocenters. The van der Waals surface area contributed by atoms with Gasteiger partial charge in [-0.1, -0.05) is 20.8 Å². The second-order valence-electron chi connectivity index (χ2n) is 4.12. The first-order chi connectivity index (χ1) is 7.13. The molecule has 0 bridgehead atoms. The van der Waals surface area contributed by atoms with Crippen LogP contribution in [0.3, 0.4) is 0 Å². The van der Waals surface area contributed by atoms with Gasteiger partial charge in [0.15, 0.2) is 0 Å². The summed E-state index contributed by atoms with van der Waals surface area (Å²) in [6, 6.07) is 2.67. The van der Waals surface area contributed by atoms with Crippen LogP contribution in [-0.2, 0) is 6.42 Å². The Bertz CT molecular complexity index is 299. The SMILES string of the molecule is CCNC(Cc1cncc(Br)c1)C(C)C. The molecule has 3 heteroatoms. The maximum atomic E-state index is 4.18. The minimum atomic E-state index is 0.533. The number of pyridine rings is 1. The first kappa shape index (κ1) is 12.7. The zero-order chi connectivity index (χ0) is 11.3. The molecular formula is C12H19BrN2. The Morgan fingerprint density at radius 1 is 1.40 bits per heavy atom. The van der Waals surface area contributed by atoms with Crippen LogP contribution < -0.4 is 5.32 Å². The summed E-state index contributed by atoms with van der Waals surface area (Å²) in [7, 11) is 0. The van der Waals surface area contributed by atoms with Crippen LogP contribution in [0.2, 0.25) is 0 Å². The van der Waals surface area contributed by atoms with Crippen LogP contribution in [0.15, 0.2) is 22.9 Å². The van der Waals surface area contributed by atoms with E-state index in [2.05, 4.69) is 53.1 Å². The van der Waals surface area contributed by atoms with Crippen molar-refractivity contribution in [3.8, 4) is 0 Å². The molecule has 0 amide bonds. The fourth-order valence-corrected chi connectivity index (χ4v) is 2.04. The van der Waals surface area contributed by atoms with Gasteiger partial charge in [-0.3, -0.25) is 4.98 Å². The second kappa shape index (κ2) is 6.23. The molecule has 1 atom stereocenters. The first-order valence-electron chi connectivity index (χ1n) is 5.46. The predicted octanol–water partition coefficient (Wildman–Crippen LogP) is 3.02. The Hall–Kier alpha value is -0.410. The molecule has 1 aromatic rings. The van der Waals surface area contributed by atoms with Gasteiger partial charge in [-0.25, -0.2) is 0 Å². The molecule has 0 fully saturated rings. The number of halogens is 1. The maximum Gasteiger partial charge on any atom is 0.0410 e. The lowest BCUT2D eigenvalue weighted by Gasteiger charge is -2.21. The molecule has 0 aliphatic carbocycles. The van der Waals surface area contributed by atoms with Crippen molar-refractivity contribution >= 4 is 15.9 Å². The maximum absolute atomic E-state index is 4.18. The van der Waals surface area contributed by atoms with E-state index in [0.29, 0.717) is 12.0 Å². The molecule has 0 aliphatic heterocycles. The van der Waals surface area contributed by atoms with E-state index in [1.54, 1.807) is 0 Å². The normalized spacial score (nSPS) is 13.1. The Kier molecular flexibility index (Phi) is 5.26. The van der Waals surface area contributed by atoms with Crippen LogP contribution in [0.1, 0.15) is 26.3 Å². The third-order valence-electron chi connectivity index (χ3n) is 2.49. The fraction of sp³-hybridized carbons (Fsp3) is 0.583. The molecule has 0 radical (unpaired) electrons. The van der Waals surface area contributed by atoms with Gasteiger partial charge >= 0.3 is 0 Å². The largest absolute Gasteiger partial charge is 0.314 e. The number of hydrogen-bond donors (Lipinski definition) is 1. The third kappa shape index (κ3) is 4.31. The standard InChI is InChI=1S/C12H19BrN2/c1-4-15-12(9(2)3)6-10-5-11(13)8-14-7-10/h5,7-9,12,15H,4,6H2,1-3H3. The van der Waals surface area contributed by atoms with Gasteiger partial charge in [0, 0.05) is 22.9 Å². The van der Waals surface area contributed by atoms with E-state index in [1.807, 2.05) is 12.4 Å². The summed E-state index contributed by atoms with van der Waals surface area (Å²) in [6.07, 6.45) is 4.80. The van der Waals surface area contributed by atoms with Gasteiger partial charge in [0.05, 0.1) is 0 Å². The minimum Gasteiger partial charge on any atom is -0.314 e. The van der Waals surface area contributed by atoms with Gasteiger partial charge in [0.25, 0.3) is 0 Å². The smallest absolute Gasteiger partial charge is 0.0410 e. The average molecular weight is 271 g/mol. The molecule has 0 saturated carbocycles. The molecule has 0 aliphatic rings. The predicted molar refractivity (Wildman–Crippen MR) is 67.9 cm³/mol. The van der Waals surface area contributed by atoms with Gasteiger partial charge < -0.3 is 5.32 Å². The summed E-state index contributed by atoms with van der Waals surface area (Å²) in [6.45, 7) is 7.66. The van der Waals surface area contributed by atoms with Crippen LogP contribution in [0.4, 0.5) is 0 Å². The summed E-state index contributed by atoms with van der Waals surface area (Å²) in [5, 5.41) is 3.51. The van der Waals surface area contributed by atoms with E-state index in [0.717, 1.165) is 17.4 Å². The summed E-state index contributed by atoms with van der Waals surface area (Å²) in [4.78, 5) is 4.18. The highest BCUT2D eigenvalue weighted by molar-refractivity contribution is 9.10. The van der Waals surface area contributed by atoms with Crippen molar-refractivity contribution in [1.82, 2.24) is 10.3 Å². The van der Waals surface area contributed by atoms with E-state index in [9.17, 15) is 0 Å². The van der Waals surface area contributed by atoms with E-state index >= 15 is 0 Å². The monoisotopic (exact) mass is 270 g/mol. The first-order valence-corrected chi connectivity index (χ1v) is 6.25. The average Bonchev–Trinajstić information content (AvgIpc) is 2.17. The van der Waals surface area contributed by atoms with Gasteiger partial charge in [0.1, 0.15) is 0 Å². The van der Waals surface area contributed by atoms with Crippen molar-refractivity contribution in [2.24, 2.45) is 5.92 Å². The molecule has 0 saturated heterocycles. The number of likely N-dealkylation sites (N-methyl/N-ethyl adjacent to an activating group) is 1. The molecule has 84 valence electrons. The van der Waals surface area contributed by atoms with Crippen molar-refractivity contribution in [1.29, 1.82) is 0 Å². The quantitative estimate of drug-likeness (QED) is 0.890. The van der Waals surface area contributed by atoms with Crippen molar-refractivity contribution in [3.05, 3.63) is 28.5 Å². The molecule has 1 rings (SSSR count). The van der Waals surface area contributed by atoms with E-state index in [1.165, 1.54) is 5.56 Å². The van der Waals surface area contributed by atoms with Crippen LogP contribution in [0, 0.1) is 5.92 Å². The van der Waals surface area contributed by atoms with Crippen LogP contribution in [0.5, 0.6) is 0 Å². The lowest BCUT2D eigenvalue weighted by molar-refractivity contribution is 0.405. The van der Waals surface area contributed by atoms with Crippen LogP contribution >= 0.6 is 15.9 Å². The topological polar surface area (TPSA) is 24.9 Å². The summed E-state index contributed by atoms with van der Waals surface area (Å²) >= 11 is 3.45. The highest BCUT2D eigenvalue weighted by Gasteiger charge is 2.12. The van der Waals surface area contributed by atoms with Crippen LogP contribution in [-0.4, -0.2) is 17.6 Å². The minimum absolute atomic E-state index is 0.533. The highest BCUT2D eigenvalue weighted by Crippen LogP contribution is 2.14. The number of aromatic nitrogens is 1. The molecule has 1 heterocycles. The Labute approximate surface area is 101 Å². The lowest BCUT2D eigenvalue weighted by atomic mass is 9.97. The van der Waals surface area contributed by atoms with E-state index < -0.39 is 0 Å². The molecular weight excluding hydrogens is 252 g/mol. The zero-order valence-electron chi connectivity index (χ0n) is 9.63. The lowest BCUT2D eigenvalue weighted by Crippen LogP contribution is -2.35. The number of nitrogens with zero attached hydrogens (tertiary/aromatic N) is 1. The van der Waals surface area contributed by atoms with E-state index in [-0.39, 0.29) is 0 Å². The molecule has 1 N–H and O–H groups in total. The zero-order valence-corrected chi connectivity index (χ0v) is 11.2. The van der Waals surface area contributed by atoms with Crippen LogP contribution in [0.25, 0.3) is 0 Å². The number of hydrogen-bond acceptors (Lipinski definition) is 2. The molecule has 0 aromatic carbocycles. The Balaban J connectivity index is 2.65. The summed E-state index contributed by atoms with van der Waals surface area (Å²) < 4.78 is 1.05. The third-order valence-corrected chi connectivity index (χ3v) is 2.92. The highest BCUT2D eigenvalue weighted by atomic mass is 79.9. The second-order valence-corrected chi connectivity index (χ2v) is 5.04. The fourth-order valence-electron chi connectivity index (χ4n) is 1.63. The van der Waals surface area contributed by atoms with Gasteiger partial charge in [-0.05, 0) is 46.4 Å². The summed E-state index contributed by atoms with van der Waals surface area (Å²) in [5.41, 5.74) is 1.28. The van der Waals surface area contributed by atoms with Gasteiger partial charge in [-0.15, -0.1) is 0 Å². The molecule has 15 heavy (non-hydrogen) atoms. The molecule has 0 spiro atoms. The van der Waals surface area contributed by atoms with Crippen molar-refractivity contribution < 1.29 is 0 Å². The number of rotatable bonds is 5. The van der Waals surface area contributed by atoms with Gasteiger partial charge in [0.2, 0.25) is 0 Å².